The Morgan fingerprint density at radius 3 is 1.83 bits per heavy atom. The number of nitrogens with zero attached hydrogens (tertiary/aromatic N) is 1. The third kappa shape index (κ3) is 4.36. The van der Waals surface area contributed by atoms with E-state index in [0.717, 1.165) is 5.92 Å². The van der Waals surface area contributed by atoms with Crippen LogP contribution >= 0.6 is 11.9 Å². The SMILES string of the molecule is CSN(C(C)C)C(C)CC(C)C. The van der Waals surface area contributed by atoms with Gasteiger partial charge in [0.1, 0.15) is 0 Å². The smallest absolute Gasteiger partial charge is 0.0179 e. The molecule has 1 unspecified atom stereocenters. The molecular formula is C10H23NS. The molecule has 0 aliphatic carbocycles. The summed E-state index contributed by atoms with van der Waals surface area (Å²) in [6.45, 7) is 11.4. The fourth-order valence-electron chi connectivity index (χ4n) is 1.69. The van der Waals surface area contributed by atoms with Gasteiger partial charge in [-0.1, -0.05) is 25.8 Å². The number of rotatable bonds is 5. The molecule has 0 N–H and O–H groups in total. The first-order valence-corrected chi connectivity index (χ1v) is 5.99. The van der Waals surface area contributed by atoms with Crippen molar-refractivity contribution in [3.63, 3.8) is 0 Å². The summed E-state index contributed by atoms with van der Waals surface area (Å²) in [6.07, 6.45) is 3.45. The molecule has 0 aliphatic rings. The Balaban J connectivity index is 3.94. The quantitative estimate of drug-likeness (QED) is 0.610. The molecule has 12 heavy (non-hydrogen) atoms. The van der Waals surface area contributed by atoms with Crippen LogP contribution in [-0.2, 0) is 0 Å². The molecule has 0 amide bonds. The van der Waals surface area contributed by atoms with Crippen LogP contribution in [0, 0.1) is 5.92 Å². The average molecular weight is 189 g/mol. The molecule has 2 heteroatoms. The second-order valence-corrected chi connectivity index (χ2v) is 4.90. The molecule has 0 aromatic heterocycles. The van der Waals surface area contributed by atoms with E-state index < -0.39 is 0 Å². The van der Waals surface area contributed by atoms with Crippen molar-refractivity contribution in [1.82, 2.24) is 4.31 Å². The fraction of sp³-hybridized carbons (Fsp3) is 1.00. The lowest BCUT2D eigenvalue weighted by Gasteiger charge is -2.31. The van der Waals surface area contributed by atoms with Crippen LogP contribution < -0.4 is 0 Å². The zero-order valence-corrected chi connectivity index (χ0v) is 10.1. The van der Waals surface area contributed by atoms with E-state index >= 15 is 0 Å². The first kappa shape index (κ1) is 12.3. The lowest BCUT2D eigenvalue weighted by atomic mass is 10.0. The molecular weight excluding hydrogens is 166 g/mol. The van der Waals surface area contributed by atoms with E-state index in [1.165, 1.54) is 6.42 Å². The summed E-state index contributed by atoms with van der Waals surface area (Å²) in [4.78, 5) is 0. The second-order valence-electron chi connectivity index (χ2n) is 4.11. The van der Waals surface area contributed by atoms with Gasteiger partial charge in [0, 0.05) is 12.1 Å². The highest BCUT2D eigenvalue weighted by atomic mass is 32.2. The highest BCUT2D eigenvalue weighted by Gasteiger charge is 2.16. The second kappa shape index (κ2) is 5.87. The molecule has 1 nitrogen and oxygen atoms in total. The van der Waals surface area contributed by atoms with Crippen molar-refractivity contribution in [3.8, 4) is 0 Å². The van der Waals surface area contributed by atoms with Gasteiger partial charge in [0.25, 0.3) is 0 Å². The molecule has 0 aromatic rings. The van der Waals surface area contributed by atoms with Gasteiger partial charge in [-0.05, 0) is 39.4 Å². The summed E-state index contributed by atoms with van der Waals surface area (Å²) in [5.41, 5.74) is 0. The van der Waals surface area contributed by atoms with Crippen LogP contribution in [0.4, 0.5) is 0 Å². The van der Waals surface area contributed by atoms with Crippen LogP contribution in [0.3, 0.4) is 0 Å². The molecule has 1 atom stereocenters. The Labute approximate surface area is 82.0 Å². The number of hydrogen-bond donors (Lipinski definition) is 0. The summed E-state index contributed by atoms with van der Waals surface area (Å²) in [5.74, 6) is 0.799. The minimum atomic E-state index is 0.647. The van der Waals surface area contributed by atoms with Crippen LogP contribution in [0.15, 0.2) is 0 Å². The summed E-state index contributed by atoms with van der Waals surface area (Å²) in [5, 5.41) is 0. The van der Waals surface area contributed by atoms with E-state index in [-0.39, 0.29) is 0 Å². The molecule has 0 fully saturated rings. The standard InChI is InChI=1S/C10H23NS/c1-8(2)7-10(5)11(12-6)9(3)4/h8-10H,7H2,1-6H3. The monoisotopic (exact) mass is 189 g/mol. The normalized spacial score (nSPS) is 14.8. The molecule has 0 radical (unpaired) electrons. The molecule has 0 saturated carbocycles. The summed E-state index contributed by atoms with van der Waals surface area (Å²) < 4.78 is 2.47. The lowest BCUT2D eigenvalue weighted by Crippen LogP contribution is -2.33. The van der Waals surface area contributed by atoms with Crippen LogP contribution in [0.5, 0.6) is 0 Å². The molecule has 0 spiro atoms. The zero-order valence-electron chi connectivity index (χ0n) is 9.29. The van der Waals surface area contributed by atoms with E-state index in [0.29, 0.717) is 12.1 Å². The van der Waals surface area contributed by atoms with Crippen molar-refractivity contribution >= 4 is 11.9 Å². The Bertz CT molecular complexity index is 112. The van der Waals surface area contributed by atoms with Crippen LogP contribution in [0.2, 0.25) is 0 Å². The van der Waals surface area contributed by atoms with Gasteiger partial charge >= 0.3 is 0 Å². The van der Waals surface area contributed by atoms with Gasteiger partial charge in [-0.25, -0.2) is 4.31 Å². The first-order chi connectivity index (χ1) is 5.49. The number of hydrogen-bond acceptors (Lipinski definition) is 2. The maximum absolute atomic E-state index is 2.47. The van der Waals surface area contributed by atoms with Gasteiger partial charge in [-0.2, -0.15) is 0 Å². The summed E-state index contributed by atoms with van der Waals surface area (Å²) >= 11 is 1.86. The minimum Gasteiger partial charge on any atom is -0.246 e. The van der Waals surface area contributed by atoms with Crippen LogP contribution in [0.1, 0.15) is 41.0 Å². The van der Waals surface area contributed by atoms with E-state index in [1.807, 2.05) is 11.9 Å². The Hall–Kier alpha value is 0.310. The molecule has 0 bridgehead atoms. The third-order valence-corrected chi connectivity index (χ3v) is 3.17. The van der Waals surface area contributed by atoms with Crippen LogP contribution in [-0.4, -0.2) is 22.6 Å². The van der Waals surface area contributed by atoms with Crippen molar-refractivity contribution in [3.05, 3.63) is 0 Å². The topological polar surface area (TPSA) is 3.24 Å². The molecule has 0 saturated heterocycles. The summed E-state index contributed by atoms with van der Waals surface area (Å²) in [7, 11) is 0. The van der Waals surface area contributed by atoms with Gasteiger partial charge in [0.2, 0.25) is 0 Å². The first-order valence-electron chi connectivity index (χ1n) is 4.81. The van der Waals surface area contributed by atoms with E-state index in [2.05, 4.69) is 45.2 Å². The maximum Gasteiger partial charge on any atom is 0.0179 e. The molecule has 74 valence electrons. The lowest BCUT2D eigenvalue weighted by molar-refractivity contribution is 0.281. The maximum atomic E-state index is 2.47. The van der Waals surface area contributed by atoms with Gasteiger partial charge in [-0.3, -0.25) is 0 Å². The molecule has 0 heterocycles. The van der Waals surface area contributed by atoms with Gasteiger partial charge in [0.15, 0.2) is 0 Å². The van der Waals surface area contributed by atoms with Crippen molar-refractivity contribution < 1.29 is 0 Å². The van der Waals surface area contributed by atoms with Gasteiger partial charge < -0.3 is 0 Å². The predicted octanol–water partition coefficient (Wildman–Crippen LogP) is 3.41. The van der Waals surface area contributed by atoms with E-state index in [1.54, 1.807) is 0 Å². The Kier molecular flexibility index (Phi) is 6.02. The molecule has 0 aromatic carbocycles. The fourth-order valence-corrected chi connectivity index (χ4v) is 2.55. The Morgan fingerprint density at radius 2 is 1.58 bits per heavy atom. The average Bonchev–Trinajstić information content (AvgIpc) is 1.85. The minimum absolute atomic E-state index is 0.647. The van der Waals surface area contributed by atoms with Crippen molar-refractivity contribution in [2.24, 2.45) is 5.92 Å². The van der Waals surface area contributed by atoms with Gasteiger partial charge in [-0.15, -0.1) is 0 Å². The van der Waals surface area contributed by atoms with Crippen molar-refractivity contribution in [2.45, 2.75) is 53.1 Å². The zero-order chi connectivity index (χ0) is 9.72. The highest BCUT2D eigenvalue weighted by Crippen LogP contribution is 2.20. The van der Waals surface area contributed by atoms with Crippen molar-refractivity contribution in [2.75, 3.05) is 6.26 Å². The van der Waals surface area contributed by atoms with Crippen molar-refractivity contribution in [1.29, 1.82) is 0 Å². The molecule has 0 rings (SSSR count). The highest BCUT2D eigenvalue weighted by molar-refractivity contribution is 7.96. The third-order valence-electron chi connectivity index (χ3n) is 1.97. The Morgan fingerprint density at radius 1 is 1.08 bits per heavy atom. The van der Waals surface area contributed by atoms with E-state index in [9.17, 15) is 0 Å². The molecule has 0 aliphatic heterocycles. The van der Waals surface area contributed by atoms with E-state index in [4.69, 9.17) is 0 Å². The van der Waals surface area contributed by atoms with Gasteiger partial charge in [0.05, 0.1) is 0 Å². The van der Waals surface area contributed by atoms with Crippen LogP contribution in [0.25, 0.3) is 0 Å². The summed E-state index contributed by atoms with van der Waals surface area (Å²) in [6, 6.07) is 1.34. The largest absolute Gasteiger partial charge is 0.246 e. The predicted molar refractivity (Wildman–Crippen MR) is 59.4 cm³/mol.